The Hall–Kier alpha value is 0.0300. The SMILES string of the molecule is CC(CCN)S(=O)C1CCOC2(CCOC2)C1. The van der Waals surface area contributed by atoms with Gasteiger partial charge in [0.2, 0.25) is 0 Å². The van der Waals surface area contributed by atoms with Crippen LogP contribution in [0.3, 0.4) is 0 Å². The van der Waals surface area contributed by atoms with Crippen LogP contribution in [0.4, 0.5) is 0 Å². The summed E-state index contributed by atoms with van der Waals surface area (Å²) in [5, 5.41) is 0.453. The Labute approximate surface area is 106 Å². The molecule has 2 saturated heterocycles. The van der Waals surface area contributed by atoms with Crippen molar-refractivity contribution in [2.24, 2.45) is 5.73 Å². The number of ether oxygens (including phenoxy) is 2. The Morgan fingerprint density at radius 3 is 3.00 bits per heavy atom. The van der Waals surface area contributed by atoms with Crippen molar-refractivity contribution in [1.29, 1.82) is 0 Å². The quantitative estimate of drug-likeness (QED) is 0.813. The molecule has 0 aromatic rings. The number of rotatable bonds is 4. The van der Waals surface area contributed by atoms with Crippen molar-refractivity contribution in [1.82, 2.24) is 0 Å². The molecular formula is C12H23NO3S. The van der Waals surface area contributed by atoms with E-state index in [4.69, 9.17) is 15.2 Å². The highest BCUT2D eigenvalue weighted by atomic mass is 32.2. The molecule has 0 aromatic heterocycles. The molecule has 1 spiro atoms. The van der Waals surface area contributed by atoms with Gasteiger partial charge in [-0.2, -0.15) is 0 Å². The third-order valence-corrected chi connectivity index (χ3v) is 5.90. The summed E-state index contributed by atoms with van der Waals surface area (Å²) < 4.78 is 23.7. The molecule has 2 rings (SSSR count). The summed E-state index contributed by atoms with van der Waals surface area (Å²) in [7, 11) is -0.789. The van der Waals surface area contributed by atoms with Gasteiger partial charge in [0.05, 0.1) is 12.2 Å². The van der Waals surface area contributed by atoms with E-state index in [1.54, 1.807) is 0 Å². The van der Waals surface area contributed by atoms with Crippen LogP contribution in [0.5, 0.6) is 0 Å². The van der Waals surface area contributed by atoms with Crippen LogP contribution in [0.15, 0.2) is 0 Å². The fraction of sp³-hybridized carbons (Fsp3) is 1.00. The molecule has 0 amide bonds. The molecule has 4 nitrogen and oxygen atoms in total. The summed E-state index contributed by atoms with van der Waals surface area (Å²) in [6.45, 7) is 4.82. The van der Waals surface area contributed by atoms with Gasteiger partial charge < -0.3 is 15.2 Å². The predicted octanol–water partition coefficient (Wildman–Crippen LogP) is 0.811. The summed E-state index contributed by atoms with van der Waals surface area (Å²) in [5.41, 5.74) is 5.40. The van der Waals surface area contributed by atoms with Gasteiger partial charge >= 0.3 is 0 Å². The Balaban J connectivity index is 1.94. The molecule has 5 heteroatoms. The second-order valence-electron chi connectivity index (χ2n) is 5.17. The lowest BCUT2D eigenvalue weighted by atomic mass is 9.93. The van der Waals surface area contributed by atoms with Crippen LogP contribution in [-0.4, -0.2) is 46.7 Å². The van der Waals surface area contributed by atoms with E-state index in [0.717, 1.165) is 38.9 Å². The molecule has 0 saturated carbocycles. The van der Waals surface area contributed by atoms with E-state index in [1.165, 1.54) is 0 Å². The third kappa shape index (κ3) is 3.08. The summed E-state index contributed by atoms with van der Waals surface area (Å²) in [6.07, 6.45) is 3.58. The molecule has 17 heavy (non-hydrogen) atoms. The summed E-state index contributed by atoms with van der Waals surface area (Å²) in [5.74, 6) is 0. The van der Waals surface area contributed by atoms with Gasteiger partial charge in [0.25, 0.3) is 0 Å². The molecular weight excluding hydrogens is 238 g/mol. The number of nitrogens with two attached hydrogens (primary N) is 1. The van der Waals surface area contributed by atoms with Crippen molar-refractivity contribution >= 4 is 10.8 Å². The number of hydrogen-bond acceptors (Lipinski definition) is 4. The molecule has 100 valence electrons. The first kappa shape index (κ1) is 13.5. The van der Waals surface area contributed by atoms with Crippen LogP contribution in [0, 0.1) is 0 Å². The van der Waals surface area contributed by atoms with Crippen LogP contribution < -0.4 is 5.73 Å². The smallest absolute Gasteiger partial charge is 0.0948 e. The lowest BCUT2D eigenvalue weighted by Crippen LogP contribution is -2.45. The van der Waals surface area contributed by atoms with Gasteiger partial charge in [-0.1, -0.05) is 6.92 Å². The van der Waals surface area contributed by atoms with Crippen molar-refractivity contribution in [3.63, 3.8) is 0 Å². The van der Waals surface area contributed by atoms with Crippen LogP contribution in [0.1, 0.15) is 32.6 Å². The third-order valence-electron chi connectivity index (χ3n) is 3.81. The minimum Gasteiger partial charge on any atom is -0.378 e. The van der Waals surface area contributed by atoms with Gasteiger partial charge in [0.1, 0.15) is 0 Å². The van der Waals surface area contributed by atoms with Crippen LogP contribution in [0.25, 0.3) is 0 Å². The molecule has 0 aromatic carbocycles. The molecule has 0 radical (unpaired) electrons. The molecule has 0 aliphatic carbocycles. The van der Waals surface area contributed by atoms with Crippen molar-refractivity contribution in [2.45, 2.75) is 48.7 Å². The van der Waals surface area contributed by atoms with E-state index in [0.29, 0.717) is 13.2 Å². The van der Waals surface area contributed by atoms with Crippen molar-refractivity contribution in [2.75, 3.05) is 26.4 Å². The first-order chi connectivity index (χ1) is 8.17. The highest BCUT2D eigenvalue weighted by molar-refractivity contribution is 7.86. The fourth-order valence-electron chi connectivity index (χ4n) is 2.72. The number of hydrogen-bond donors (Lipinski definition) is 1. The van der Waals surface area contributed by atoms with Crippen LogP contribution >= 0.6 is 0 Å². The summed E-state index contributed by atoms with van der Waals surface area (Å²) >= 11 is 0. The Bertz CT molecular complexity index is 279. The average Bonchev–Trinajstić information content (AvgIpc) is 2.76. The first-order valence-corrected chi connectivity index (χ1v) is 7.76. The van der Waals surface area contributed by atoms with Gasteiger partial charge in [0.15, 0.2) is 0 Å². The zero-order chi connectivity index (χ0) is 12.3. The van der Waals surface area contributed by atoms with Gasteiger partial charge in [-0.25, -0.2) is 0 Å². The molecule has 2 aliphatic rings. The Morgan fingerprint density at radius 1 is 1.53 bits per heavy atom. The molecule has 4 unspecified atom stereocenters. The van der Waals surface area contributed by atoms with E-state index in [2.05, 4.69) is 0 Å². The van der Waals surface area contributed by atoms with Crippen molar-refractivity contribution in [3.8, 4) is 0 Å². The monoisotopic (exact) mass is 261 g/mol. The highest BCUT2D eigenvalue weighted by Crippen LogP contribution is 2.35. The van der Waals surface area contributed by atoms with E-state index in [1.807, 2.05) is 6.92 Å². The second kappa shape index (κ2) is 5.78. The van der Waals surface area contributed by atoms with Gasteiger partial charge in [-0.05, 0) is 25.8 Å². The van der Waals surface area contributed by atoms with Crippen LogP contribution in [-0.2, 0) is 20.3 Å². The minimum absolute atomic E-state index is 0.138. The molecule has 4 atom stereocenters. The minimum atomic E-state index is -0.789. The zero-order valence-electron chi connectivity index (χ0n) is 10.5. The Kier molecular flexibility index (Phi) is 4.58. The largest absolute Gasteiger partial charge is 0.378 e. The first-order valence-electron chi connectivity index (χ1n) is 6.48. The highest BCUT2D eigenvalue weighted by Gasteiger charge is 2.43. The second-order valence-corrected chi connectivity index (χ2v) is 7.29. The Morgan fingerprint density at radius 2 is 2.35 bits per heavy atom. The molecule has 2 N–H and O–H groups in total. The lowest BCUT2D eigenvalue weighted by molar-refractivity contribution is -0.0774. The average molecular weight is 261 g/mol. The van der Waals surface area contributed by atoms with E-state index < -0.39 is 10.8 Å². The molecule has 0 bridgehead atoms. The predicted molar refractivity (Wildman–Crippen MR) is 68.4 cm³/mol. The molecule has 2 heterocycles. The van der Waals surface area contributed by atoms with Gasteiger partial charge in [0, 0.05) is 40.9 Å². The standard InChI is InChI=1S/C12H23NO3S/c1-10(2-5-13)17(14)11-3-6-16-12(8-11)4-7-15-9-12/h10-11H,2-9,13H2,1H3. The van der Waals surface area contributed by atoms with Crippen LogP contribution in [0.2, 0.25) is 0 Å². The zero-order valence-corrected chi connectivity index (χ0v) is 11.3. The van der Waals surface area contributed by atoms with Crippen molar-refractivity contribution in [3.05, 3.63) is 0 Å². The maximum Gasteiger partial charge on any atom is 0.0948 e. The van der Waals surface area contributed by atoms with E-state index in [9.17, 15) is 4.21 Å². The maximum atomic E-state index is 12.4. The topological polar surface area (TPSA) is 61.6 Å². The van der Waals surface area contributed by atoms with Gasteiger partial charge in [-0.3, -0.25) is 4.21 Å². The van der Waals surface area contributed by atoms with E-state index in [-0.39, 0.29) is 16.1 Å². The summed E-state index contributed by atoms with van der Waals surface area (Å²) in [6, 6.07) is 0. The van der Waals surface area contributed by atoms with E-state index >= 15 is 0 Å². The maximum absolute atomic E-state index is 12.4. The lowest BCUT2D eigenvalue weighted by Gasteiger charge is -2.37. The molecule has 2 fully saturated rings. The summed E-state index contributed by atoms with van der Waals surface area (Å²) in [4.78, 5) is 0. The van der Waals surface area contributed by atoms with Gasteiger partial charge in [-0.15, -0.1) is 0 Å². The van der Waals surface area contributed by atoms with Crippen molar-refractivity contribution < 1.29 is 13.7 Å². The normalized spacial score (nSPS) is 37.2. The fourth-order valence-corrected chi connectivity index (χ4v) is 4.55. The molecule has 2 aliphatic heterocycles.